The van der Waals surface area contributed by atoms with E-state index in [1.54, 1.807) is 57.2 Å². The van der Waals surface area contributed by atoms with Gasteiger partial charge in [-0.2, -0.15) is 0 Å². The number of benzene rings is 2. The standard InChI is InChI=1S/C33H42N2O9S/c1-33(2,3)44-32(38)27-19-22-9-5-11-24(17-22)43-23-10-4-8-21(16-23)18-25(28-12-6-15-45(28,39)40)30(36)34-26(31(37)35-27)20-29-41-13-7-14-42-29/h4-5,8-11,16-17,25-29H,6-7,12-15,18-20H2,1-3H3,(H,34,36)(H,35,37)/t25-,26+,27+,28?/m1/s1. The van der Waals surface area contributed by atoms with Crippen LogP contribution in [0.3, 0.4) is 0 Å². The number of sulfone groups is 1. The number of fused-ring (bicyclic) bond motifs is 4. The molecule has 0 spiro atoms. The Hall–Kier alpha value is -3.48. The molecule has 2 saturated heterocycles. The second kappa shape index (κ2) is 13.9. The summed E-state index contributed by atoms with van der Waals surface area (Å²) in [6.45, 7) is 6.09. The van der Waals surface area contributed by atoms with Crippen LogP contribution in [0.25, 0.3) is 0 Å². The largest absolute Gasteiger partial charge is 0.458 e. The van der Waals surface area contributed by atoms with E-state index in [1.807, 2.05) is 12.1 Å². The molecule has 2 amide bonds. The molecule has 244 valence electrons. The predicted octanol–water partition coefficient (Wildman–Crippen LogP) is 3.24. The first-order valence-electron chi connectivity index (χ1n) is 15.5. The highest BCUT2D eigenvalue weighted by atomic mass is 32.2. The maximum absolute atomic E-state index is 14.0. The molecule has 3 heterocycles. The van der Waals surface area contributed by atoms with Gasteiger partial charge in [-0.3, -0.25) is 9.59 Å². The summed E-state index contributed by atoms with van der Waals surface area (Å²) in [5.74, 6) is -1.76. The van der Waals surface area contributed by atoms with Gasteiger partial charge in [-0.15, -0.1) is 0 Å². The van der Waals surface area contributed by atoms with E-state index in [2.05, 4.69) is 10.6 Å². The molecule has 3 aliphatic rings. The summed E-state index contributed by atoms with van der Waals surface area (Å²) in [4.78, 5) is 41.4. The minimum absolute atomic E-state index is 0.00613. The van der Waals surface area contributed by atoms with E-state index in [0.717, 1.165) is 11.1 Å². The van der Waals surface area contributed by atoms with Crippen molar-refractivity contribution in [2.24, 2.45) is 5.92 Å². The zero-order valence-electron chi connectivity index (χ0n) is 26.0. The zero-order chi connectivity index (χ0) is 32.2. The Morgan fingerprint density at radius 2 is 1.56 bits per heavy atom. The van der Waals surface area contributed by atoms with E-state index >= 15 is 0 Å². The summed E-state index contributed by atoms with van der Waals surface area (Å²) >= 11 is 0. The number of ether oxygens (including phenoxy) is 4. The number of hydrogen-bond acceptors (Lipinski definition) is 9. The van der Waals surface area contributed by atoms with Crippen LogP contribution in [-0.4, -0.2) is 74.4 Å². The Kier molecular flexibility index (Phi) is 10.1. The lowest BCUT2D eigenvalue weighted by molar-refractivity contribution is -0.185. The average Bonchev–Trinajstić information content (AvgIpc) is 3.33. The lowest BCUT2D eigenvalue weighted by Gasteiger charge is -2.31. The predicted molar refractivity (Wildman–Crippen MR) is 165 cm³/mol. The van der Waals surface area contributed by atoms with Gasteiger partial charge in [0, 0.05) is 12.8 Å². The molecule has 12 heteroatoms. The van der Waals surface area contributed by atoms with Crippen molar-refractivity contribution in [1.82, 2.24) is 10.6 Å². The Labute approximate surface area is 264 Å². The lowest BCUT2D eigenvalue weighted by Crippen LogP contribution is -2.56. The quantitative estimate of drug-likeness (QED) is 0.480. The normalized spacial score (nSPS) is 26.3. The monoisotopic (exact) mass is 642 g/mol. The van der Waals surface area contributed by atoms with Crippen molar-refractivity contribution >= 4 is 27.6 Å². The zero-order valence-corrected chi connectivity index (χ0v) is 26.8. The molecule has 4 bridgehead atoms. The number of carbonyl (C=O) groups excluding carboxylic acids is 3. The van der Waals surface area contributed by atoms with Crippen LogP contribution in [-0.2, 0) is 51.3 Å². The lowest BCUT2D eigenvalue weighted by atomic mass is 9.92. The molecule has 2 aromatic rings. The van der Waals surface area contributed by atoms with Crippen molar-refractivity contribution in [1.29, 1.82) is 0 Å². The Bertz CT molecular complexity index is 1500. The highest BCUT2D eigenvalue weighted by Gasteiger charge is 2.43. The van der Waals surface area contributed by atoms with Crippen LogP contribution >= 0.6 is 0 Å². The summed E-state index contributed by atoms with van der Waals surface area (Å²) in [6, 6.07) is 12.1. The summed E-state index contributed by atoms with van der Waals surface area (Å²) in [5, 5.41) is 4.72. The van der Waals surface area contributed by atoms with Crippen molar-refractivity contribution in [2.45, 2.75) is 88.5 Å². The molecule has 0 saturated carbocycles. The first-order valence-corrected chi connectivity index (χ1v) is 17.2. The third-order valence-corrected chi connectivity index (χ3v) is 10.4. The summed E-state index contributed by atoms with van der Waals surface area (Å²) in [5.41, 5.74) is 0.630. The molecule has 45 heavy (non-hydrogen) atoms. The number of nitrogens with one attached hydrogen (secondary N) is 2. The smallest absolute Gasteiger partial charge is 0.329 e. The molecule has 2 fully saturated rings. The van der Waals surface area contributed by atoms with Gasteiger partial charge >= 0.3 is 5.97 Å². The van der Waals surface area contributed by atoms with Crippen LogP contribution in [0, 0.1) is 5.92 Å². The van der Waals surface area contributed by atoms with Gasteiger partial charge in [0.1, 0.15) is 29.2 Å². The average molecular weight is 643 g/mol. The Balaban J connectivity index is 1.55. The maximum Gasteiger partial charge on any atom is 0.329 e. The van der Waals surface area contributed by atoms with E-state index in [1.165, 1.54) is 0 Å². The second-order valence-corrected chi connectivity index (χ2v) is 15.2. The fraction of sp³-hybridized carbons (Fsp3) is 0.545. The van der Waals surface area contributed by atoms with Crippen LogP contribution in [0.15, 0.2) is 48.5 Å². The van der Waals surface area contributed by atoms with E-state index in [9.17, 15) is 22.8 Å². The second-order valence-electron chi connectivity index (χ2n) is 12.9. The fourth-order valence-electron chi connectivity index (χ4n) is 5.97. The van der Waals surface area contributed by atoms with Crippen molar-refractivity contribution in [3.8, 4) is 11.5 Å². The van der Waals surface area contributed by atoms with Crippen molar-refractivity contribution in [3.63, 3.8) is 0 Å². The van der Waals surface area contributed by atoms with Crippen LogP contribution in [0.4, 0.5) is 0 Å². The molecule has 0 aliphatic carbocycles. The summed E-state index contributed by atoms with van der Waals surface area (Å²) in [6.07, 6.45) is 0.929. The van der Waals surface area contributed by atoms with Crippen LogP contribution < -0.4 is 15.4 Å². The molecule has 0 radical (unpaired) electrons. The van der Waals surface area contributed by atoms with Crippen LogP contribution in [0.5, 0.6) is 11.5 Å². The molecular weight excluding hydrogens is 600 g/mol. The van der Waals surface area contributed by atoms with Gasteiger partial charge in [0.15, 0.2) is 16.1 Å². The molecule has 5 rings (SSSR count). The molecule has 2 aromatic carbocycles. The summed E-state index contributed by atoms with van der Waals surface area (Å²) < 4.78 is 49.4. The Morgan fingerprint density at radius 3 is 2.16 bits per heavy atom. The van der Waals surface area contributed by atoms with Gasteiger partial charge in [0.05, 0.1) is 30.1 Å². The fourth-order valence-corrected chi connectivity index (χ4v) is 8.09. The molecule has 4 atom stereocenters. The third kappa shape index (κ3) is 8.83. The molecule has 1 unspecified atom stereocenters. The molecule has 0 aromatic heterocycles. The van der Waals surface area contributed by atoms with E-state index in [0.29, 0.717) is 44.0 Å². The van der Waals surface area contributed by atoms with Gasteiger partial charge in [-0.05, 0) is 81.8 Å². The topological polar surface area (TPSA) is 146 Å². The number of amides is 2. The van der Waals surface area contributed by atoms with Gasteiger partial charge < -0.3 is 29.6 Å². The van der Waals surface area contributed by atoms with Crippen LogP contribution in [0.2, 0.25) is 0 Å². The van der Waals surface area contributed by atoms with Gasteiger partial charge in [0.2, 0.25) is 11.8 Å². The van der Waals surface area contributed by atoms with E-state index in [-0.39, 0.29) is 25.0 Å². The molecule has 2 N–H and O–H groups in total. The minimum atomic E-state index is -3.54. The first-order chi connectivity index (χ1) is 21.4. The number of rotatable bonds is 4. The Morgan fingerprint density at radius 1 is 0.911 bits per heavy atom. The van der Waals surface area contributed by atoms with Crippen molar-refractivity contribution < 1.29 is 41.7 Å². The van der Waals surface area contributed by atoms with Gasteiger partial charge in [-0.1, -0.05) is 24.3 Å². The summed E-state index contributed by atoms with van der Waals surface area (Å²) in [7, 11) is -3.54. The molecule has 3 aliphatic heterocycles. The first kappa shape index (κ1) is 32.9. The van der Waals surface area contributed by atoms with Crippen LogP contribution in [0.1, 0.15) is 57.6 Å². The minimum Gasteiger partial charge on any atom is -0.458 e. The van der Waals surface area contributed by atoms with Crippen molar-refractivity contribution in [3.05, 3.63) is 59.7 Å². The number of hydrogen-bond donors (Lipinski definition) is 2. The maximum atomic E-state index is 14.0. The molecule has 11 nitrogen and oxygen atoms in total. The highest BCUT2D eigenvalue weighted by Crippen LogP contribution is 2.31. The van der Waals surface area contributed by atoms with E-state index in [4.69, 9.17) is 18.9 Å². The number of carbonyl (C=O) groups is 3. The molecular formula is C33H42N2O9S. The third-order valence-electron chi connectivity index (χ3n) is 8.06. The SMILES string of the molecule is CC(C)(C)OC(=O)[C@@H]1Cc2cccc(c2)Oc2cccc(c2)C[C@H](C2CCCS2(=O)=O)C(=O)N[C@@H](CC2OCCCO2)C(=O)N1. The highest BCUT2D eigenvalue weighted by molar-refractivity contribution is 7.92. The van der Waals surface area contributed by atoms with E-state index < -0.39 is 62.8 Å². The van der Waals surface area contributed by atoms with Crippen molar-refractivity contribution in [2.75, 3.05) is 19.0 Å². The van der Waals surface area contributed by atoms with Gasteiger partial charge in [0.25, 0.3) is 0 Å². The van der Waals surface area contributed by atoms with Gasteiger partial charge in [-0.25, -0.2) is 13.2 Å². The number of esters is 1.